The number of carbonyl (C=O) groups excluding carboxylic acids is 2. The molecule has 6 rings (SSSR count). The lowest BCUT2D eigenvalue weighted by Gasteiger charge is -2.40. The summed E-state index contributed by atoms with van der Waals surface area (Å²) in [6.45, 7) is 0. The van der Waals surface area contributed by atoms with E-state index in [2.05, 4.69) is 0 Å². The molecule has 20 heavy (non-hydrogen) atoms. The van der Waals surface area contributed by atoms with E-state index in [1.165, 1.54) is 27.1 Å². The minimum Gasteiger partial charge on any atom is -0.469 e. The predicted octanol–water partition coefficient (Wildman–Crippen LogP) is 1.34. The molecular formula is C16H20O4. The highest BCUT2D eigenvalue weighted by atomic mass is 16.5. The number of carbonyl (C=O) groups is 2. The zero-order valence-corrected chi connectivity index (χ0v) is 11.8. The first-order valence-corrected chi connectivity index (χ1v) is 7.86. The predicted molar refractivity (Wildman–Crippen MR) is 68.2 cm³/mol. The van der Waals surface area contributed by atoms with Gasteiger partial charge in [0.2, 0.25) is 0 Å². The topological polar surface area (TPSA) is 52.6 Å². The monoisotopic (exact) mass is 276 g/mol. The van der Waals surface area contributed by atoms with E-state index in [4.69, 9.17) is 9.47 Å². The summed E-state index contributed by atoms with van der Waals surface area (Å²) in [4.78, 5) is 24.5. The van der Waals surface area contributed by atoms with Crippen molar-refractivity contribution < 1.29 is 19.1 Å². The van der Waals surface area contributed by atoms with Crippen LogP contribution in [0.2, 0.25) is 0 Å². The molecule has 0 radical (unpaired) electrons. The van der Waals surface area contributed by atoms with Crippen molar-refractivity contribution in [2.45, 2.75) is 12.8 Å². The molecule has 0 aliphatic heterocycles. The normalized spacial score (nSPS) is 59.5. The van der Waals surface area contributed by atoms with Crippen LogP contribution in [0.25, 0.3) is 0 Å². The van der Waals surface area contributed by atoms with Crippen LogP contribution in [0.4, 0.5) is 0 Å². The van der Waals surface area contributed by atoms with Crippen molar-refractivity contribution in [1.82, 2.24) is 0 Å². The molecule has 10 atom stereocenters. The molecule has 6 aliphatic rings. The van der Waals surface area contributed by atoms with Gasteiger partial charge in [0.1, 0.15) is 0 Å². The molecule has 0 aromatic heterocycles. The lowest BCUT2D eigenvalue weighted by Crippen LogP contribution is -2.45. The Morgan fingerprint density at radius 3 is 1.55 bits per heavy atom. The van der Waals surface area contributed by atoms with E-state index < -0.39 is 0 Å². The highest BCUT2D eigenvalue weighted by Crippen LogP contribution is 2.84. The van der Waals surface area contributed by atoms with Gasteiger partial charge in [0, 0.05) is 0 Å². The summed E-state index contributed by atoms with van der Waals surface area (Å²) in [6.07, 6.45) is 2.71. The van der Waals surface area contributed by atoms with Crippen molar-refractivity contribution in [2.75, 3.05) is 14.2 Å². The van der Waals surface area contributed by atoms with Gasteiger partial charge >= 0.3 is 11.9 Å². The van der Waals surface area contributed by atoms with Crippen LogP contribution in [0.1, 0.15) is 12.8 Å². The maximum absolute atomic E-state index is 12.3. The third kappa shape index (κ3) is 0.932. The number of ether oxygens (including phenoxy) is 2. The largest absolute Gasteiger partial charge is 0.469 e. The van der Waals surface area contributed by atoms with Crippen LogP contribution < -0.4 is 0 Å². The van der Waals surface area contributed by atoms with Crippen molar-refractivity contribution in [1.29, 1.82) is 0 Å². The first-order chi connectivity index (χ1) is 9.70. The van der Waals surface area contributed by atoms with Crippen molar-refractivity contribution in [3.05, 3.63) is 0 Å². The molecule has 8 bridgehead atoms. The van der Waals surface area contributed by atoms with E-state index in [1.54, 1.807) is 0 Å². The maximum atomic E-state index is 12.3. The van der Waals surface area contributed by atoms with Crippen LogP contribution in [-0.4, -0.2) is 26.2 Å². The molecule has 0 aromatic carbocycles. The Morgan fingerprint density at radius 2 is 1.15 bits per heavy atom. The fraction of sp³-hybridized carbons (Fsp3) is 0.875. The van der Waals surface area contributed by atoms with E-state index in [-0.39, 0.29) is 23.8 Å². The van der Waals surface area contributed by atoms with Gasteiger partial charge in [-0.1, -0.05) is 0 Å². The van der Waals surface area contributed by atoms with Gasteiger partial charge in [-0.2, -0.15) is 0 Å². The number of hydrogen-bond acceptors (Lipinski definition) is 4. The molecule has 6 fully saturated rings. The van der Waals surface area contributed by atoms with Gasteiger partial charge in [0.15, 0.2) is 0 Å². The summed E-state index contributed by atoms with van der Waals surface area (Å²) in [6, 6.07) is 0. The summed E-state index contributed by atoms with van der Waals surface area (Å²) >= 11 is 0. The molecule has 4 heteroatoms. The zero-order chi connectivity index (χ0) is 13.8. The van der Waals surface area contributed by atoms with E-state index in [0.717, 1.165) is 17.8 Å². The fourth-order valence-corrected chi connectivity index (χ4v) is 7.81. The third-order valence-corrected chi connectivity index (χ3v) is 7.64. The Hall–Kier alpha value is -1.06. The SMILES string of the molecule is COC(=O)[C@@H]1[C@@H](C(=O)OC)[C@@H]2C3C4[C@@H]5CC[C@@H]4[C@@H]([C@H]31)[C@@H]25. The molecule has 0 heterocycles. The molecule has 108 valence electrons. The van der Waals surface area contributed by atoms with Crippen LogP contribution in [0.3, 0.4) is 0 Å². The molecule has 0 amide bonds. The minimum absolute atomic E-state index is 0.181. The second kappa shape index (κ2) is 3.40. The van der Waals surface area contributed by atoms with Crippen molar-refractivity contribution in [3.8, 4) is 0 Å². The first-order valence-electron chi connectivity index (χ1n) is 7.86. The van der Waals surface area contributed by atoms with Gasteiger partial charge in [0.05, 0.1) is 26.1 Å². The summed E-state index contributed by atoms with van der Waals surface area (Å²) in [5, 5.41) is 0. The van der Waals surface area contributed by atoms with Gasteiger partial charge in [0.25, 0.3) is 0 Å². The number of methoxy groups -OCH3 is 2. The van der Waals surface area contributed by atoms with Crippen molar-refractivity contribution >= 4 is 11.9 Å². The summed E-state index contributed by atoms with van der Waals surface area (Å²) in [5.41, 5.74) is 0. The average molecular weight is 276 g/mol. The van der Waals surface area contributed by atoms with Crippen molar-refractivity contribution in [3.63, 3.8) is 0 Å². The highest BCUT2D eigenvalue weighted by molar-refractivity contribution is 5.84. The Balaban J connectivity index is 1.59. The highest BCUT2D eigenvalue weighted by Gasteiger charge is 2.83. The zero-order valence-electron chi connectivity index (χ0n) is 11.8. The molecule has 0 saturated heterocycles. The third-order valence-electron chi connectivity index (χ3n) is 7.64. The van der Waals surface area contributed by atoms with Crippen LogP contribution in [0.15, 0.2) is 0 Å². The number of rotatable bonds is 2. The van der Waals surface area contributed by atoms with Gasteiger partial charge in [-0.25, -0.2) is 0 Å². The summed E-state index contributed by atoms with van der Waals surface area (Å²) < 4.78 is 10.0. The fourth-order valence-electron chi connectivity index (χ4n) is 7.81. The van der Waals surface area contributed by atoms with E-state index >= 15 is 0 Å². The Labute approximate surface area is 118 Å². The number of hydrogen-bond donors (Lipinski definition) is 0. The standard InChI is InChI=1S/C16H20O4/c1-19-15(17)13-11-8-5-3-4-6-7(5)10(11)12(9(6)8)14(13)16(18)20-2/h5-14H,3-4H2,1-2H3/t5-,6-,7?,8-,9+,10?,11-,12+,13-,14-/m0/s1. The Morgan fingerprint density at radius 1 is 0.700 bits per heavy atom. The van der Waals surface area contributed by atoms with Crippen molar-refractivity contribution in [2.24, 2.45) is 59.2 Å². The van der Waals surface area contributed by atoms with Gasteiger partial charge < -0.3 is 9.47 Å². The molecule has 2 unspecified atom stereocenters. The first kappa shape index (κ1) is 11.6. The molecule has 0 spiro atoms. The molecular weight excluding hydrogens is 256 g/mol. The summed E-state index contributed by atoms with van der Waals surface area (Å²) in [5.74, 6) is 4.53. The molecule has 0 aromatic rings. The van der Waals surface area contributed by atoms with E-state index in [0.29, 0.717) is 29.6 Å². The smallest absolute Gasteiger partial charge is 0.309 e. The number of esters is 2. The van der Waals surface area contributed by atoms with Crippen LogP contribution in [0.5, 0.6) is 0 Å². The Bertz CT molecular complexity index is 471. The second-order valence-electron chi connectivity index (χ2n) is 7.47. The van der Waals surface area contributed by atoms with Crippen LogP contribution in [-0.2, 0) is 19.1 Å². The van der Waals surface area contributed by atoms with Crippen LogP contribution >= 0.6 is 0 Å². The molecule has 0 N–H and O–H groups in total. The van der Waals surface area contributed by atoms with Gasteiger partial charge in [-0.05, 0) is 60.2 Å². The van der Waals surface area contributed by atoms with Gasteiger partial charge in [-0.3, -0.25) is 9.59 Å². The lowest BCUT2D eigenvalue weighted by atomic mass is 9.63. The molecule has 6 aliphatic carbocycles. The van der Waals surface area contributed by atoms with Gasteiger partial charge in [-0.15, -0.1) is 0 Å². The quantitative estimate of drug-likeness (QED) is 0.714. The lowest BCUT2D eigenvalue weighted by molar-refractivity contribution is -0.163. The molecule has 6 saturated carbocycles. The maximum Gasteiger partial charge on any atom is 0.309 e. The summed E-state index contributed by atoms with van der Waals surface area (Å²) in [7, 11) is 2.88. The minimum atomic E-state index is -0.227. The van der Waals surface area contributed by atoms with Crippen LogP contribution in [0, 0.1) is 59.2 Å². The second-order valence-corrected chi connectivity index (χ2v) is 7.47. The Kier molecular flexibility index (Phi) is 1.97. The van der Waals surface area contributed by atoms with E-state index in [9.17, 15) is 9.59 Å². The van der Waals surface area contributed by atoms with E-state index in [1.807, 2.05) is 0 Å². The average Bonchev–Trinajstić information content (AvgIpc) is 3.23. The molecule has 4 nitrogen and oxygen atoms in total.